The summed E-state index contributed by atoms with van der Waals surface area (Å²) in [7, 11) is 0. The number of hydrogen-bond acceptors (Lipinski definition) is 3. The molecule has 4 rings (SSSR count). The Labute approximate surface area is 157 Å². The Hall–Kier alpha value is -2.53. The maximum Gasteiger partial charge on any atom is 0.272 e. The first-order valence-corrected chi connectivity index (χ1v) is 9.19. The number of carbonyl (C=O) groups is 1. The first-order chi connectivity index (χ1) is 12.6. The van der Waals surface area contributed by atoms with Crippen molar-refractivity contribution in [3.05, 3.63) is 59.4 Å². The van der Waals surface area contributed by atoms with Crippen LogP contribution < -0.4 is 0 Å². The van der Waals surface area contributed by atoms with E-state index in [0.29, 0.717) is 33.8 Å². The Morgan fingerprint density at radius 3 is 2.65 bits per heavy atom. The molecular formula is C20H20ClN3O2. The minimum absolute atomic E-state index is 0.0258. The molecule has 1 fully saturated rings. The van der Waals surface area contributed by atoms with Gasteiger partial charge in [0.05, 0.1) is 17.0 Å². The van der Waals surface area contributed by atoms with Gasteiger partial charge in [-0.15, -0.1) is 0 Å². The van der Waals surface area contributed by atoms with Crippen molar-refractivity contribution in [1.82, 2.24) is 14.7 Å². The molecule has 3 heterocycles. The van der Waals surface area contributed by atoms with Crippen LogP contribution in [0.5, 0.6) is 0 Å². The molecule has 1 saturated heterocycles. The van der Waals surface area contributed by atoms with Gasteiger partial charge in [0, 0.05) is 19.2 Å². The van der Waals surface area contributed by atoms with Gasteiger partial charge in [0.1, 0.15) is 11.4 Å². The zero-order chi connectivity index (χ0) is 18.1. The molecule has 3 aromatic rings. The lowest BCUT2D eigenvalue weighted by Gasteiger charge is -2.30. The smallest absolute Gasteiger partial charge is 0.272 e. The summed E-state index contributed by atoms with van der Waals surface area (Å²) < 4.78 is 7.09. The van der Waals surface area contributed by atoms with Crippen LogP contribution in [-0.4, -0.2) is 33.7 Å². The minimum atomic E-state index is -0.0258. The molecule has 0 spiro atoms. The van der Waals surface area contributed by atoms with Crippen molar-refractivity contribution in [1.29, 1.82) is 0 Å². The van der Waals surface area contributed by atoms with Crippen molar-refractivity contribution in [2.75, 3.05) is 13.1 Å². The second-order valence-electron chi connectivity index (χ2n) is 6.73. The predicted octanol–water partition coefficient (Wildman–Crippen LogP) is 4.66. The van der Waals surface area contributed by atoms with Gasteiger partial charge in [0.15, 0.2) is 5.76 Å². The molecule has 1 aliphatic heterocycles. The number of hydrogen-bond donors (Lipinski definition) is 0. The van der Waals surface area contributed by atoms with Crippen LogP contribution in [-0.2, 0) is 0 Å². The van der Waals surface area contributed by atoms with Crippen LogP contribution >= 0.6 is 11.6 Å². The second-order valence-corrected chi connectivity index (χ2v) is 7.14. The van der Waals surface area contributed by atoms with Gasteiger partial charge in [-0.1, -0.05) is 30.7 Å². The number of nitrogens with zero attached hydrogens (tertiary/aromatic N) is 3. The van der Waals surface area contributed by atoms with Gasteiger partial charge in [-0.3, -0.25) is 4.79 Å². The summed E-state index contributed by atoms with van der Waals surface area (Å²) in [5, 5.41) is 5.15. The highest BCUT2D eigenvalue weighted by Crippen LogP contribution is 2.27. The molecule has 134 valence electrons. The van der Waals surface area contributed by atoms with Crippen LogP contribution in [0.1, 0.15) is 30.3 Å². The van der Waals surface area contributed by atoms with E-state index in [1.165, 1.54) is 0 Å². The molecule has 0 radical (unpaired) electrons. The number of para-hydroxylation sites is 1. The quantitative estimate of drug-likeness (QED) is 0.674. The molecule has 0 aliphatic carbocycles. The van der Waals surface area contributed by atoms with E-state index < -0.39 is 0 Å². The van der Waals surface area contributed by atoms with Crippen LogP contribution in [0.25, 0.3) is 17.1 Å². The molecule has 0 saturated carbocycles. The van der Waals surface area contributed by atoms with Gasteiger partial charge in [-0.25, -0.2) is 4.68 Å². The highest BCUT2D eigenvalue weighted by atomic mass is 35.5. The Balaban J connectivity index is 1.77. The first kappa shape index (κ1) is 16.9. The summed E-state index contributed by atoms with van der Waals surface area (Å²) in [6, 6.07) is 12.8. The Morgan fingerprint density at radius 1 is 1.19 bits per heavy atom. The van der Waals surface area contributed by atoms with E-state index in [4.69, 9.17) is 16.0 Å². The fourth-order valence-electron chi connectivity index (χ4n) is 3.26. The second kappa shape index (κ2) is 7.00. The Kier molecular flexibility index (Phi) is 4.55. The van der Waals surface area contributed by atoms with Crippen LogP contribution in [0.15, 0.2) is 53.1 Å². The largest absolute Gasteiger partial charge is 0.463 e. The average molecular weight is 370 g/mol. The number of benzene rings is 1. The zero-order valence-electron chi connectivity index (χ0n) is 14.6. The van der Waals surface area contributed by atoms with Crippen molar-refractivity contribution < 1.29 is 9.21 Å². The summed E-state index contributed by atoms with van der Waals surface area (Å²) in [6.07, 6.45) is 3.64. The summed E-state index contributed by atoms with van der Waals surface area (Å²) in [6.45, 7) is 3.76. The van der Waals surface area contributed by atoms with Crippen molar-refractivity contribution in [2.45, 2.75) is 19.8 Å². The number of amides is 1. The van der Waals surface area contributed by atoms with Crippen molar-refractivity contribution in [3.8, 4) is 17.1 Å². The molecule has 1 amide bonds. The van der Waals surface area contributed by atoms with Gasteiger partial charge in [0.25, 0.3) is 5.91 Å². The zero-order valence-corrected chi connectivity index (χ0v) is 15.3. The summed E-state index contributed by atoms with van der Waals surface area (Å²) >= 11 is 6.37. The molecule has 1 aromatic carbocycles. The molecule has 2 aromatic heterocycles. The standard InChI is InChI=1S/C20H20ClN3O2/c1-14-8-10-23(11-9-14)20(25)18-13-16(19-7-4-12-26-19)22-24(18)17-6-3-2-5-15(17)21/h2-7,12-14H,8-11H2,1H3. The molecule has 0 N–H and O–H groups in total. The molecule has 1 aliphatic rings. The molecule has 0 unspecified atom stereocenters. The highest BCUT2D eigenvalue weighted by molar-refractivity contribution is 6.32. The van der Waals surface area contributed by atoms with E-state index in [1.807, 2.05) is 29.2 Å². The first-order valence-electron chi connectivity index (χ1n) is 8.81. The maximum atomic E-state index is 13.2. The van der Waals surface area contributed by atoms with E-state index >= 15 is 0 Å². The number of likely N-dealkylation sites (tertiary alicyclic amines) is 1. The number of furan rings is 1. The average Bonchev–Trinajstić information content (AvgIpc) is 3.32. The lowest BCUT2D eigenvalue weighted by molar-refractivity contribution is 0.0688. The normalized spacial score (nSPS) is 15.4. The lowest BCUT2D eigenvalue weighted by atomic mass is 9.99. The molecule has 26 heavy (non-hydrogen) atoms. The third-order valence-corrected chi connectivity index (χ3v) is 5.17. The fraction of sp³-hybridized carbons (Fsp3) is 0.300. The molecular weight excluding hydrogens is 350 g/mol. The van der Waals surface area contributed by atoms with Crippen molar-refractivity contribution in [3.63, 3.8) is 0 Å². The maximum absolute atomic E-state index is 13.2. The summed E-state index contributed by atoms with van der Waals surface area (Å²) in [4.78, 5) is 15.1. The van der Waals surface area contributed by atoms with Crippen LogP contribution in [0.3, 0.4) is 0 Å². The van der Waals surface area contributed by atoms with E-state index in [1.54, 1.807) is 29.1 Å². The highest BCUT2D eigenvalue weighted by Gasteiger charge is 2.26. The Morgan fingerprint density at radius 2 is 1.96 bits per heavy atom. The number of halogens is 1. The van der Waals surface area contributed by atoms with Gasteiger partial charge >= 0.3 is 0 Å². The van der Waals surface area contributed by atoms with Gasteiger partial charge in [0.2, 0.25) is 0 Å². The van der Waals surface area contributed by atoms with Crippen molar-refractivity contribution >= 4 is 17.5 Å². The molecule has 6 heteroatoms. The van der Waals surface area contributed by atoms with Gasteiger partial charge in [-0.2, -0.15) is 5.10 Å². The minimum Gasteiger partial charge on any atom is -0.463 e. The van der Waals surface area contributed by atoms with E-state index in [2.05, 4.69) is 12.0 Å². The third kappa shape index (κ3) is 3.15. The van der Waals surface area contributed by atoms with Gasteiger partial charge < -0.3 is 9.32 Å². The van der Waals surface area contributed by atoms with E-state index in [0.717, 1.165) is 25.9 Å². The molecule has 0 bridgehead atoms. The monoisotopic (exact) mass is 369 g/mol. The number of aromatic nitrogens is 2. The lowest BCUT2D eigenvalue weighted by Crippen LogP contribution is -2.38. The summed E-state index contributed by atoms with van der Waals surface area (Å²) in [5.41, 5.74) is 1.79. The molecule has 0 atom stereocenters. The Bertz CT molecular complexity index is 909. The summed E-state index contributed by atoms with van der Waals surface area (Å²) in [5.74, 6) is 1.26. The van der Waals surface area contributed by atoms with Crippen LogP contribution in [0, 0.1) is 5.92 Å². The number of piperidine rings is 1. The number of rotatable bonds is 3. The third-order valence-electron chi connectivity index (χ3n) is 4.85. The molecule has 5 nitrogen and oxygen atoms in total. The fourth-order valence-corrected chi connectivity index (χ4v) is 3.47. The topological polar surface area (TPSA) is 51.3 Å². The van der Waals surface area contributed by atoms with E-state index in [9.17, 15) is 4.79 Å². The van der Waals surface area contributed by atoms with Gasteiger partial charge in [-0.05, 0) is 43.0 Å². The van der Waals surface area contributed by atoms with Crippen molar-refractivity contribution in [2.24, 2.45) is 5.92 Å². The van der Waals surface area contributed by atoms with Crippen LogP contribution in [0.4, 0.5) is 0 Å². The SMILES string of the molecule is CC1CCN(C(=O)c2cc(-c3ccco3)nn2-c2ccccc2Cl)CC1. The number of carbonyl (C=O) groups excluding carboxylic acids is 1. The van der Waals surface area contributed by atoms with Crippen LogP contribution in [0.2, 0.25) is 5.02 Å². The van der Waals surface area contributed by atoms with E-state index in [-0.39, 0.29) is 5.91 Å². The predicted molar refractivity (Wildman–Crippen MR) is 101 cm³/mol.